The number of benzene rings is 4. The van der Waals surface area contributed by atoms with Crippen LogP contribution in [0.3, 0.4) is 0 Å². The van der Waals surface area contributed by atoms with Crippen LogP contribution in [0.25, 0.3) is 21.5 Å². The monoisotopic (exact) mass is 394 g/mol. The molecule has 0 radical (unpaired) electrons. The van der Waals surface area contributed by atoms with Gasteiger partial charge in [-0.05, 0) is 71.7 Å². The minimum Gasteiger partial charge on any atom is -0.299 e. The molecule has 1 heterocycles. The lowest BCUT2D eigenvalue weighted by Crippen LogP contribution is -2.36. The van der Waals surface area contributed by atoms with Crippen LogP contribution >= 0.6 is 0 Å². The molecule has 1 fully saturated rings. The van der Waals surface area contributed by atoms with Crippen molar-refractivity contribution in [2.75, 3.05) is 26.2 Å². The van der Waals surface area contributed by atoms with Gasteiger partial charge in [-0.3, -0.25) is 9.80 Å². The topological polar surface area (TPSA) is 6.48 Å². The van der Waals surface area contributed by atoms with Crippen molar-refractivity contribution in [3.05, 3.63) is 96.1 Å². The Labute approximate surface area is 179 Å². The standard InChI is InChI=1S/C28H30N2/c1-3-15-27-23(9-1)11-5-13-25(27)21-29-17-7-19-30(20-8-18-29)22-26-14-6-12-24-10-2-4-16-28(24)26/h1-6,9-16H,7-8,17-22H2. The second-order valence-corrected chi connectivity index (χ2v) is 8.54. The Morgan fingerprint density at radius 3 is 1.33 bits per heavy atom. The molecule has 0 saturated carbocycles. The van der Waals surface area contributed by atoms with Gasteiger partial charge < -0.3 is 0 Å². The van der Waals surface area contributed by atoms with E-state index in [1.807, 2.05) is 0 Å². The van der Waals surface area contributed by atoms with Gasteiger partial charge in [0.2, 0.25) is 0 Å². The van der Waals surface area contributed by atoms with Crippen molar-refractivity contribution < 1.29 is 0 Å². The maximum atomic E-state index is 2.65. The smallest absolute Gasteiger partial charge is 0.0239 e. The maximum absolute atomic E-state index is 2.65. The Bertz CT molecular complexity index is 1020. The van der Waals surface area contributed by atoms with Gasteiger partial charge in [-0.1, -0.05) is 84.9 Å². The molecule has 0 aliphatic carbocycles. The van der Waals surface area contributed by atoms with E-state index < -0.39 is 0 Å². The van der Waals surface area contributed by atoms with Crippen molar-refractivity contribution in [3.63, 3.8) is 0 Å². The average Bonchev–Trinajstić information content (AvgIpc) is 2.77. The number of fused-ring (bicyclic) bond motifs is 2. The second-order valence-electron chi connectivity index (χ2n) is 8.54. The van der Waals surface area contributed by atoms with E-state index in [-0.39, 0.29) is 0 Å². The van der Waals surface area contributed by atoms with Crippen LogP contribution < -0.4 is 0 Å². The summed E-state index contributed by atoms with van der Waals surface area (Å²) in [5.74, 6) is 0. The first-order valence-electron chi connectivity index (χ1n) is 11.2. The lowest BCUT2D eigenvalue weighted by molar-refractivity contribution is 0.173. The first kappa shape index (κ1) is 19.3. The minimum atomic E-state index is 1.06. The van der Waals surface area contributed by atoms with Crippen molar-refractivity contribution in [1.82, 2.24) is 9.80 Å². The summed E-state index contributed by atoms with van der Waals surface area (Å²) in [5, 5.41) is 5.51. The second kappa shape index (κ2) is 8.99. The Morgan fingerprint density at radius 2 is 0.867 bits per heavy atom. The van der Waals surface area contributed by atoms with E-state index in [1.165, 1.54) is 71.7 Å². The number of hydrogen-bond acceptors (Lipinski definition) is 2. The molecule has 0 N–H and O–H groups in total. The van der Waals surface area contributed by atoms with Gasteiger partial charge in [0.15, 0.2) is 0 Å². The number of rotatable bonds is 4. The molecule has 0 atom stereocenters. The molecule has 5 rings (SSSR count). The highest BCUT2D eigenvalue weighted by Gasteiger charge is 2.15. The van der Waals surface area contributed by atoms with Crippen LogP contribution in [0.2, 0.25) is 0 Å². The van der Waals surface area contributed by atoms with Gasteiger partial charge in [0.1, 0.15) is 0 Å². The Morgan fingerprint density at radius 1 is 0.467 bits per heavy atom. The molecule has 4 aromatic rings. The van der Waals surface area contributed by atoms with Crippen molar-refractivity contribution >= 4 is 21.5 Å². The largest absolute Gasteiger partial charge is 0.299 e. The van der Waals surface area contributed by atoms with E-state index in [0.717, 1.165) is 13.1 Å². The van der Waals surface area contributed by atoms with E-state index in [0.29, 0.717) is 0 Å². The van der Waals surface area contributed by atoms with E-state index in [4.69, 9.17) is 0 Å². The first-order chi connectivity index (χ1) is 14.9. The molecule has 152 valence electrons. The Hall–Kier alpha value is -2.68. The van der Waals surface area contributed by atoms with Gasteiger partial charge in [-0.2, -0.15) is 0 Å². The van der Waals surface area contributed by atoms with Crippen LogP contribution in [-0.2, 0) is 13.1 Å². The van der Waals surface area contributed by atoms with Crippen molar-refractivity contribution in [2.24, 2.45) is 0 Å². The summed E-state index contributed by atoms with van der Waals surface area (Å²) in [5.41, 5.74) is 2.92. The van der Waals surface area contributed by atoms with Gasteiger partial charge in [0.05, 0.1) is 0 Å². The normalized spacial score (nSPS) is 16.5. The third-order valence-electron chi connectivity index (χ3n) is 6.45. The van der Waals surface area contributed by atoms with Crippen molar-refractivity contribution in [2.45, 2.75) is 25.9 Å². The molecule has 2 heteroatoms. The molecule has 1 aliphatic heterocycles. The van der Waals surface area contributed by atoms with Crippen molar-refractivity contribution in [3.8, 4) is 0 Å². The van der Waals surface area contributed by atoms with E-state index in [2.05, 4.69) is 94.7 Å². The zero-order chi connectivity index (χ0) is 20.2. The molecule has 1 aliphatic rings. The molecular formula is C28H30N2. The summed E-state index contributed by atoms with van der Waals surface area (Å²) in [6, 6.07) is 31.0. The predicted octanol–water partition coefficient (Wildman–Crippen LogP) is 6.09. The highest BCUT2D eigenvalue weighted by Crippen LogP contribution is 2.22. The zero-order valence-electron chi connectivity index (χ0n) is 17.6. The van der Waals surface area contributed by atoms with E-state index in [1.54, 1.807) is 0 Å². The summed E-state index contributed by atoms with van der Waals surface area (Å²) >= 11 is 0. The third kappa shape index (κ3) is 4.26. The summed E-state index contributed by atoms with van der Waals surface area (Å²) in [6.45, 7) is 6.82. The van der Waals surface area contributed by atoms with Crippen LogP contribution in [-0.4, -0.2) is 36.0 Å². The van der Waals surface area contributed by atoms with Crippen LogP contribution in [0.1, 0.15) is 24.0 Å². The molecular weight excluding hydrogens is 364 g/mol. The van der Waals surface area contributed by atoms with Gasteiger partial charge in [0.25, 0.3) is 0 Å². The lowest BCUT2D eigenvalue weighted by atomic mass is 10.0. The molecule has 4 aromatic carbocycles. The first-order valence-corrected chi connectivity index (χ1v) is 11.2. The third-order valence-corrected chi connectivity index (χ3v) is 6.45. The summed E-state index contributed by atoms with van der Waals surface area (Å²) in [7, 11) is 0. The van der Waals surface area contributed by atoms with E-state index in [9.17, 15) is 0 Å². The fraction of sp³-hybridized carbons (Fsp3) is 0.286. The molecule has 0 bridgehead atoms. The zero-order valence-corrected chi connectivity index (χ0v) is 17.6. The Kier molecular flexibility index (Phi) is 5.78. The SMILES string of the molecule is c1ccc2c(CN3CCCN(Cc4cccc5ccccc45)CCC3)cccc2c1. The molecule has 2 nitrogen and oxygen atoms in total. The number of nitrogens with zero attached hydrogens (tertiary/aromatic N) is 2. The summed E-state index contributed by atoms with van der Waals surface area (Å²) < 4.78 is 0. The molecule has 0 amide bonds. The molecule has 0 aromatic heterocycles. The molecule has 1 saturated heterocycles. The molecule has 0 spiro atoms. The quantitative estimate of drug-likeness (QED) is 0.413. The van der Waals surface area contributed by atoms with Crippen molar-refractivity contribution in [1.29, 1.82) is 0 Å². The highest BCUT2D eigenvalue weighted by molar-refractivity contribution is 5.86. The fourth-order valence-electron chi connectivity index (χ4n) is 4.92. The van der Waals surface area contributed by atoms with Crippen LogP contribution in [0.15, 0.2) is 84.9 Å². The van der Waals surface area contributed by atoms with Crippen LogP contribution in [0.4, 0.5) is 0 Å². The molecule has 30 heavy (non-hydrogen) atoms. The van der Waals surface area contributed by atoms with E-state index >= 15 is 0 Å². The minimum absolute atomic E-state index is 1.06. The number of hydrogen-bond donors (Lipinski definition) is 0. The lowest BCUT2D eigenvalue weighted by Gasteiger charge is -2.31. The van der Waals surface area contributed by atoms with Gasteiger partial charge in [-0.15, -0.1) is 0 Å². The Balaban J connectivity index is 1.23. The van der Waals surface area contributed by atoms with Crippen LogP contribution in [0.5, 0.6) is 0 Å². The van der Waals surface area contributed by atoms with Gasteiger partial charge in [-0.25, -0.2) is 0 Å². The molecule has 0 unspecified atom stereocenters. The maximum Gasteiger partial charge on any atom is 0.0239 e. The van der Waals surface area contributed by atoms with Gasteiger partial charge in [0, 0.05) is 13.1 Å². The predicted molar refractivity (Wildman–Crippen MR) is 128 cm³/mol. The fourth-order valence-corrected chi connectivity index (χ4v) is 4.92. The van der Waals surface area contributed by atoms with Gasteiger partial charge >= 0.3 is 0 Å². The van der Waals surface area contributed by atoms with Crippen LogP contribution in [0, 0.1) is 0 Å². The summed E-state index contributed by atoms with van der Waals surface area (Å²) in [6.07, 6.45) is 2.46. The average molecular weight is 395 g/mol. The highest BCUT2D eigenvalue weighted by atomic mass is 15.2. The summed E-state index contributed by atoms with van der Waals surface area (Å²) in [4.78, 5) is 5.30.